The van der Waals surface area contributed by atoms with Crippen molar-refractivity contribution in [3.8, 4) is 0 Å². The molecule has 0 radical (unpaired) electrons. The molecule has 1 amide bonds. The summed E-state index contributed by atoms with van der Waals surface area (Å²) in [4.78, 5) is 12.7. The summed E-state index contributed by atoms with van der Waals surface area (Å²) in [5, 5.41) is 13.2. The van der Waals surface area contributed by atoms with Crippen LogP contribution in [0.2, 0.25) is 10.0 Å². The smallest absolute Gasteiger partial charge is 0.256 e. The van der Waals surface area contributed by atoms with Crippen molar-refractivity contribution in [2.75, 3.05) is 5.32 Å². The lowest BCUT2D eigenvalue weighted by Gasteiger charge is -2.07. The Morgan fingerprint density at radius 2 is 1.47 bits per heavy atom. The third-order valence-corrected chi connectivity index (χ3v) is 6.11. The number of anilines is 1. The molecule has 164 valence electrons. The maximum Gasteiger partial charge on any atom is 0.256 e. The van der Waals surface area contributed by atoms with Crippen molar-refractivity contribution in [1.82, 2.24) is 19.6 Å². The second-order valence-electron chi connectivity index (χ2n) is 7.75. The van der Waals surface area contributed by atoms with Crippen molar-refractivity contribution in [3.63, 3.8) is 0 Å². The van der Waals surface area contributed by atoms with Gasteiger partial charge >= 0.3 is 0 Å². The molecule has 2 aromatic carbocycles. The first-order chi connectivity index (χ1) is 15.3. The molecular weight excluding hydrogens is 445 g/mol. The Labute approximate surface area is 196 Å². The van der Waals surface area contributed by atoms with Gasteiger partial charge in [0, 0.05) is 22.3 Å². The van der Waals surface area contributed by atoms with Gasteiger partial charge in [-0.05, 0) is 56.2 Å². The number of carbonyl (C=O) groups is 1. The SMILES string of the molecule is Cc1nn(Cc2ccc(C(=O)Nc3cc(C)n(Cc4ccc(Cl)cc4)n3)cc2)c(C)c1Cl. The largest absolute Gasteiger partial charge is 0.305 e. The van der Waals surface area contributed by atoms with E-state index in [-0.39, 0.29) is 5.91 Å². The Bertz CT molecular complexity index is 1260. The van der Waals surface area contributed by atoms with Gasteiger partial charge in [-0.1, -0.05) is 47.5 Å². The molecule has 0 aliphatic rings. The molecule has 0 aliphatic carbocycles. The number of aromatic nitrogens is 4. The van der Waals surface area contributed by atoms with E-state index in [1.807, 2.05) is 72.6 Å². The maximum atomic E-state index is 12.7. The van der Waals surface area contributed by atoms with E-state index in [4.69, 9.17) is 23.2 Å². The van der Waals surface area contributed by atoms with Crippen molar-refractivity contribution in [2.45, 2.75) is 33.9 Å². The standard InChI is InChI=1S/C24H23Cl2N5O/c1-15-12-22(29-30(15)13-19-6-10-21(25)11-7-19)27-24(32)20-8-4-18(5-9-20)14-31-17(3)23(26)16(2)28-31/h4-12H,13-14H2,1-3H3,(H,27,29,32). The van der Waals surface area contributed by atoms with Gasteiger partial charge in [0.2, 0.25) is 0 Å². The predicted octanol–water partition coefficient (Wildman–Crippen LogP) is 5.66. The van der Waals surface area contributed by atoms with E-state index < -0.39 is 0 Å². The molecule has 0 saturated carbocycles. The van der Waals surface area contributed by atoms with Gasteiger partial charge in [-0.25, -0.2) is 0 Å². The zero-order chi connectivity index (χ0) is 22.8. The molecule has 0 saturated heterocycles. The number of aryl methyl sites for hydroxylation is 2. The van der Waals surface area contributed by atoms with Gasteiger partial charge in [-0.2, -0.15) is 10.2 Å². The first-order valence-electron chi connectivity index (χ1n) is 10.2. The Kier molecular flexibility index (Phi) is 6.35. The first-order valence-corrected chi connectivity index (χ1v) is 10.9. The first kappa shape index (κ1) is 22.1. The van der Waals surface area contributed by atoms with Crippen LogP contribution in [-0.2, 0) is 13.1 Å². The van der Waals surface area contributed by atoms with Crippen LogP contribution >= 0.6 is 23.2 Å². The average Bonchev–Trinajstić information content (AvgIpc) is 3.23. The number of benzene rings is 2. The van der Waals surface area contributed by atoms with Crippen LogP contribution in [0.25, 0.3) is 0 Å². The van der Waals surface area contributed by atoms with E-state index in [2.05, 4.69) is 15.5 Å². The number of amides is 1. The molecule has 4 aromatic rings. The minimum Gasteiger partial charge on any atom is -0.305 e. The van der Waals surface area contributed by atoms with E-state index in [1.165, 1.54) is 0 Å². The van der Waals surface area contributed by atoms with Gasteiger partial charge in [0.25, 0.3) is 5.91 Å². The average molecular weight is 468 g/mol. The van der Waals surface area contributed by atoms with Gasteiger partial charge in [0.1, 0.15) is 0 Å². The summed E-state index contributed by atoms with van der Waals surface area (Å²) < 4.78 is 3.71. The number of nitrogens with one attached hydrogen (secondary N) is 1. The van der Waals surface area contributed by atoms with Gasteiger partial charge in [0.05, 0.1) is 29.5 Å². The fraction of sp³-hybridized carbons (Fsp3) is 0.208. The molecule has 0 unspecified atom stereocenters. The van der Waals surface area contributed by atoms with Crippen LogP contribution < -0.4 is 5.32 Å². The number of nitrogens with zero attached hydrogens (tertiary/aromatic N) is 4. The summed E-state index contributed by atoms with van der Waals surface area (Å²) in [7, 11) is 0. The number of halogens is 2. The van der Waals surface area contributed by atoms with Gasteiger partial charge < -0.3 is 5.32 Å². The van der Waals surface area contributed by atoms with Crippen molar-refractivity contribution < 1.29 is 4.79 Å². The Morgan fingerprint density at radius 3 is 2.06 bits per heavy atom. The van der Waals surface area contributed by atoms with Crippen LogP contribution in [0.1, 0.15) is 38.6 Å². The number of carbonyl (C=O) groups excluding carboxylic acids is 1. The van der Waals surface area contributed by atoms with Crippen molar-refractivity contribution >= 4 is 34.9 Å². The van der Waals surface area contributed by atoms with Crippen molar-refractivity contribution in [1.29, 1.82) is 0 Å². The maximum absolute atomic E-state index is 12.7. The molecule has 2 aromatic heterocycles. The summed E-state index contributed by atoms with van der Waals surface area (Å²) in [6, 6.07) is 16.9. The molecule has 6 nitrogen and oxygen atoms in total. The highest BCUT2D eigenvalue weighted by atomic mass is 35.5. The highest BCUT2D eigenvalue weighted by Gasteiger charge is 2.12. The zero-order valence-corrected chi connectivity index (χ0v) is 19.6. The van der Waals surface area contributed by atoms with Crippen LogP contribution in [0, 0.1) is 20.8 Å². The van der Waals surface area contributed by atoms with Crippen LogP contribution in [0.4, 0.5) is 5.82 Å². The van der Waals surface area contributed by atoms with E-state index >= 15 is 0 Å². The molecule has 0 atom stereocenters. The van der Waals surface area contributed by atoms with Crippen LogP contribution in [0.15, 0.2) is 54.6 Å². The van der Waals surface area contributed by atoms with Crippen molar-refractivity contribution in [3.05, 3.63) is 98.4 Å². The minimum atomic E-state index is -0.207. The molecule has 0 fully saturated rings. The molecule has 4 rings (SSSR count). The van der Waals surface area contributed by atoms with Gasteiger partial charge in [-0.15, -0.1) is 0 Å². The van der Waals surface area contributed by atoms with Gasteiger partial charge in [-0.3, -0.25) is 14.2 Å². The topological polar surface area (TPSA) is 64.7 Å². The van der Waals surface area contributed by atoms with E-state index in [0.29, 0.717) is 34.5 Å². The summed E-state index contributed by atoms with van der Waals surface area (Å²) in [5.41, 5.74) is 5.37. The normalized spacial score (nSPS) is 11.0. The summed E-state index contributed by atoms with van der Waals surface area (Å²) in [5.74, 6) is 0.310. The predicted molar refractivity (Wildman–Crippen MR) is 128 cm³/mol. The van der Waals surface area contributed by atoms with Crippen LogP contribution in [0.5, 0.6) is 0 Å². The number of hydrogen-bond acceptors (Lipinski definition) is 3. The molecular formula is C24H23Cl2N5O. The number of hydrogen-bond donors (Lipinski definition) is 1. The molecule has 1 N–H and O–H groups in total. The molecule has 32 heavy (non-hydrogen) atoms. The zero-order valence-electron chi connectivity index (χ0n) is 18.1. The van der Waals surface area contributed by atoms with Gasteiger partial charge in [0.15, 0.2) is 5.82 Å². The quantitative estimate of drug-likeness (QED) is 0.397. The van der Waals surface area contributed by atoms with Crippen LogP contribution in [-0.4, -0.2) is 25.5 Å². The molecule has 0 spiro atoms. The molecule has 2 heterocycles. The summed E-state index contributed by atoms with van der Waals surface area (Å²) in [6.07, 6.45) is 0. The minimum absolute atomic E-state index is 0.207. The second kappa shape index (κ2) is 9.18. The lowest BCUT2D eigenvalue weighted by molar-refractivity contribution is 0.102. The fourth-order valence-electron chi connectivity index (χ4n) is 3.45. The molecule has 0 aliphatic heterocycles. The fourth-order valence-corrected chi connectivity index (χ4v) is 3.71. The van der Waals surface area contributed by atoms with Crippen LogP contribution in [0.3, 0.4) is 0 Å². The Balaban J connectivity index is 1.41. The van der Waals surface area contributed by atoms with E-state index in [1.54, 1.807) is 12.1 Å². The summed E-state index contributed by atoms with van der Waals surface area (Å²) in [6.45, 7) is 6.98. The third kappa shape index (κ3) is 4.87. The second-order valence-corrected chi connectivity index (χ2v) is 8.56. The lowest BCUT2D eigenvalue weighted by Crippen LogP contribution is -2.13. The molecule has 8 heteroatoms. The number of rotatable bonds is 6. The Morgan fingerprint density at radius 1 is 0.875 bits per heavy atom. The summed E-state index contributed by atoms with van der Waals surface area (Å²) >= 11 is 12.2. The molecule has 0 bridgehead atoms. The Hall–Kier alpha value is -3.09. The van der Waals surface area contributed by atoms with Crippen molar-refractivity contribution in [2.24, 2.45) is 0 Å². The highest BCUT2D eigenvalue weighted by molar-refractivity contribution is 6.31. The van der Waals surface area contributed by atoms with E-state index in [0.717, 1.165) is 28.2 Å². The monoisotopic (exact) mass is 467 g/mol. The lowest BCUT2D eigenvalue weighted by atomic mass is 10.1. The third-order valence-electron chi connectivity index (χ3n) is 5.31. The van der Waals surface area contributed by atoms with E-state index in [9.17, 15) is 4.79 Å². The highest BCUT2D eigenvalue weighted by Crippen LogP contribution is 2.20.